The SMILES string of the molecule is CCC1(C)C(=O)CC1OCC1CCCO1. The van der Waals surface area contributed by atoms with Crippen LogP contribution in [0.3, 0.4) is 0 Å². The van der Waals surface area contributed by atoms with E-state index in [0.29, 0.717) is 18.8 Å². The van der Waals surface area contributed by atoms with Crippen LogP contribution >= 0.6 is 0 Å². The molecule has 1 aliphatic carbocycles. The molecule has 0 aromatic carbocycles. The van der Waals surface area contributed by atoms with Crippen LogP contribution in [0.5, 0.6) is 0 Å². The fourth-order valence-corrected chi connectivity index (χ4v) is 2.34. The number of ether oxygens (including phenoxy) is 2. The molecule has 0 aromatic rings. The standard InChI is InChI=1S/C12H20O3/c1-3-12(2)10(13)7-11(12)15-8-9-5-4-6-14-9/h9,11H,3-8H2,1-2H3. The highest BCUT2D eigenvalue weighted by molar-refractivity contribution is 5.91. The summed E-state index contributed by atoms with van der Waals surface area (Å²) in [6.07, 6.45) is 4.10. The molecule has 3 atom stereocenters. The van der Waals surface area contributed by atoms with E-state index in [9.17, 15) is 4.79 Å². The van der Waals surface area contributed by atoms with E-state index in [0.717, 1.165) is 25.9 Å². The summed E-state index contributed by atoms with van der Waals surface area (Å²) >= 11 is 0. The van der Waals surface area contributed by atoms with Crippen LogP contribution in [0.2, 0.25) is 0 Å². The molecule has 1 saturated heterocycles. The second-order valence-corrected chi connectivity index (χ2v) is 4.86. The van der Waals surface area contributed by atoms with Crippen LogP contribution in [0, 0.1) is 5.41 Å². The summed E-state index contributed by atoms with van der Waals surface area (Å²) in [4.78, 5) is 11.5. The van der Waals surface area contributed by atoms with Gasteiger partial charge in [0.05, 0.1) is 24.2 Å². The Bertz CT molecular complexity index is 245. The highest BCUT2D eigenvalue weighted by atomic mass is 16.5. The summed E-state index contributed by atoms with van der Waals surface area (Å²) in [7, 11) is 0. The van der Waals surface area contributed by atoms with Crippen molar-refractivity contribution in [3.05, 3.63) is 0 Å². The maximum Gasteiger partial charge on any atom is 0.143 e. The van der Waals surface area contributed by atoms with Crippen molar-refractivity contribution < 1.29 is 14.3 Å². The van der Waals surface area contributed by atoms with E-state index in [1.807, 2.05) is 6.92 Å². The van der Waals surface area contributed by atoms with E-state index < -0.39 is 0 Å². The summed E-state index contributed by atoms with van der Waals surface area (Å²) in [5.74, 6) is 0.349. The van der Waals surface area contributed by atoms with Crippen molar-refractivity contribution in [2.24, 2.45) is 5.41 Å². The average Bonchev–Trinajstić information content (AvgIpc) is 2.75. The molecular weight excluding hydrogens is 192 g/mol. The smallest absolute Gasteiger partial charge is 0.143 e. The monoisotopic (exact) mass is 212 g/mol. The van der Waals surface area contributed by atoms with Gasteiger partial charge in [0, 0.05) is 13.0 Å². The Kier molecular flexibility index (Phi) is 3.12. The normalized spacial score (nSPS) is 40.5. The molecule has 0 amide bonds. The summed E-state index contributed by atoms with van der Waals surface area (Å²) < 4.78 is 11.3. The number of carbonyl (C=O) groups is 1. The van der Waals surface area contributed by atoms with Crippen molar-refractivity contribution >= 4 is 5.78 Å². The molecule has 2 rings (SSSR count). The third kappa shape index (κ3) is 1.95. The summed E-state index contributed by atoms with van der Waals surface area (Å²) in [6.45, 7) is 5.59. The van der Waals surface area contributed by atoms with Gasteiger partial charge in [-0.3, -0.25) is 4.79 Å². The van der Waals surface area contributed by atoms with Gasteiger partial charge in [-0.15, -0.1) is 0 Å². The highest BCUT2D eigenvalue weighted by Gasteiger charge is 2.50. The van der Waals surface area contributed by atoms with Gasteiger partial charge in [-0.1, -0.05) is 13.8 Å². The molecule has 0 aromatic heterocycles. The Morgan fingerprint density at radius 1 is 1.60 bits per heavy atom. The van der Waals surface area contributed by atoms with E-state index in [-0.39, 0.29) is 17.6 Å². The summed E-state index contributed by atoms with van der Waals surface area (Å²) in [5, 5.41) is 0. The van der Waals surface area contributed by atoms with Gasteiger partial charge < -0.3 is 9.47 Å². The minimum absolute atomic E-state index is 0.124. The van der Waals surface area contributed by atoms with Crippen LogP contribution in [-0.2, 0) is 14.3 Å². The molecule has 1 heterocycles. The van der Waals surface area contributed by atoms with Crippen LogP contribution in [0.15, 0.2) is 0 Å². The second-order valence-electron chi connectivity index (χ2n) is 4.86. The highest BCUT2D eigenvalue weighted by Crippen LogP contribution is 2.42. The summed E-state index contributed by atoms with van der Waals surface area (Å²) in [6, 6.07) is 0. The minimum Gasteiger partial charge on any atom is -0.376 e. The molecule has 3 unspecified atom stereocenters. The Morgan fingerprint density at radius 2 is 2.40 bits per heavy atom. The van der Waals surface area contributed by atoms with Crippen molar-refractivity contribution in [3.63, 3.8) is 0 Å². The lowest BCUT2D eigenvalue weighted by Crippen LogP contribution is -2.53. The first-order chi connectivity index (χ1) is 7.16. The van der Waals surface area contributed by atoms with E-state index in [2.05, 4.69) is 6.92 Å². The fraction of sp³-hybridized carbons (Fsp3) is 0.917. The molecule has 15 heavy (non-hydrogen) atoms. The first-order valence-corrected chi connectivity index (χ1v) is 5.93. The van der Waals surface area contributed by atoms with Crippen LogP contribution < -0.4 is 0 Å². The maximum absolute atomic E-state index is 11.5. The molecule has 2 aliphatic rings. The summed E-state index contributed by atoms with van der Waals surface area (Å²) in [5.41, 5.74) is -0.224. The number of hydrogen-bond acceptors (Lipinski definition) is 3. The van der Waals surface area contributed by atoms with E-state index in [1.165, 1.54) is 0 Å². The quantitative estimate of drug-likeness (QED) is 0.714. The van der Waals surface area contributed by atoms with Gasteiger partial charge in [0.15, 0.2) is 0 Å². The van der Waals surface area contributed by atoms with E-state index in [4.69, 9.17) is 9.47 Å². The van der Waals surface area contributed by atoms with Gasteiger partial charge >= 0.3 is 0 Å². The second kappa shape index (κ2) is 4.22. The predicted molar refractivity (Wildman–Crippen MR) is 56.7 cm³/mol. The molecule has 1 saturated carbocycles. The van der Waals surface area contributed by atoms with Crippen molar-refractivity contribution in [2.45, 2.75) is 51.7 Å². The number of rotatable bonds is 4. The molecule has 0 bridgehead atoms. The maximum atomic E-state index is 11.5. The van der Waals surface area contributed by atoms with Gasteiger partial charge in [0.25, 0.3) is 0 Å². The first-order valence-electron chi connectivity index (χ1n) is 5.93. The minimum atomic E-state index is -0.224. The molecule has 0 spiro atoms. The fourth-order valence-electron chi connectivity index (χ4n) is 2.34. The van der Waals surface area contributed by atoms with Gasteiger partial charge in [0.2, 0.25) is 0 Å². The molecule has 3 heteroatoms. The molecular formula is C12H20O3. The van der Waals surface area contributed by atoms with Crippen molar-refractivity contribution in [2.75, 3.05) is 13.2 Å². The number of carbonyl (C=O) groups excluding carboxylic acids is 1. The molecule has 3 nitrogen and oxygen atoms in total. The Labute approximate surface area is 91.1 Å². The van der Waals surface area contributed by atoms with Gasteiger partial charge in [-0.25, -0.2) is 0 Å². The molecule has 2 fully saturated rings. The largest absolute Gasteiger partial charge is 0.376 e. The van der Waals surface area contributed by atoms with Gasteiger partial charge in [-0.2, -0.15) is 0 Å². The van der Waals surface area contributed by atoms with Crippen LogP contribution in [0.1, 0.15) is 39.5 Å². The molecule has 86 valence electrons. The predicted octanol–water partition coefficient (Wildman–Crippen LogP) is 1.94. The third-order valence-corrected chi connectivity index (χ3v) is 3.96. The van der Waals surface area contributed by atoms with Gasteiger partial charge in [0.1, 0.15) is 5.78 Å². The lowest BCUT2D eigenvalue weighted by Gasteiger charge is -2.44. The van der Waals surface area contributed by atoms with Crippen molar-refractivity contribution in [1.29, 1.82) is 0 Å². The first kappa shape index (κ1) is 11.1. The van der Waals surface area contributed by atoms with Crippen molar-refractivity contribution in [3.8, 4) is 0 Å². The van der Waals surface area contributed by atoms with Crippen molar-refractivity contribution in [1.82, 2.24) is 0 Å². The molecule has 0 N–H and O–H groups in total. The molecule has 0 radical (unpaired) electrons. The number of hydrogen-bond donors (Lipinski definition) is 0. The lowest BCUT2D eigenvalue weighted by atomic mass is 9.64. The zero-order valence-electron chi connectivity index (χ0n) is 9.62. The van der Waals surface area contributed by atoms with Crippen LogP contribution in [0.25, 0.3) is 0 Å². The van der Waals surface area contributed by atoms with Crippen LogP contribution in [-0.4, -0.2) is 31.2 Å². The average molecular weight is 212 g/mol. The van der Waals surface area contributed by atoms with E-state index >= 15 is 0 Å². The Hall–Kier alpha value is -0.410. The Balaban J connectivity index is 1.78. The third-order valence-electron chi connectivity index (χ3n) is 3.96. The number of Topliss-reactive ketones (excluding diaryl/α,β-unsaturated/α-hetero) is 1. The topological polar surface area (TPSA) is 35.5 Å². The van der Waals surface area contributed by atoms with Gasteiger partial charge in [-0.05, 0) is 19.3 Å². The van der Waals surface area contributed by atoms with E-state index in [1.54, 1.807) is 0 Å². The Morgan fingerprint density at radius 3 is 2.93 bits per heavy atom. The zero-order chi connectivity index (χ0) is 10.9. The zero-order valence-corrected chi connectivity index (χ0v) is 9.62. The molecule has 1 aliphatic heterocycles. The lowest BCUT2D eigenvalue weighted by molar-refractivity contribution is -0.165. The van der Waals surface area contributed by atoms with Crippen LogP contribution in [0.4, 0.5) is 0 Å². The number of ketones is 1.